The van der Waals surface area contributed by atoms with Crippen LogP contribution < -0.4 is 4.74 Å². The average Bonchev–Trinajstić information content (AvgIpc) is 2.79. The van der Waals surface area contributed by atoms with Gasteiger partial charge in [0.2, 0.25) is 5.91 Å². The van der Waals surface area contributed by atoms with Gasteiger partial charge in [-0.05, 0) is 29.4 Å². The number of hydrogen-bond acceptors (Lipinski definition) is 5. The maximum Gasteiger partial charge on any atom is 0.269 e. The topological polar surface area (TPSA) is 75.9 Å². The van der Waals surface area contributed by atoms with Crippen LogP contribution in [-0.4, -0.2) is 53.9 Å². The van der Waals surface area contributed by atoms with Crippen molar-refractivity contribution >= 4 is 22.4 Å². The quantitative estimate of drug-likeness (QED) is 0.450. The van der Waals surface area contributed by atoms with Crippen molar-refractivity contribution < 1.29 is 14.5 Å². The third-order valence-electron chi connectivity index (χ3n) is 5.70. The van der Waals surface area contributed by atoms with Crippen LogP contribution in [0.1, 0.15) is 11.1 Å². The van der Waals surface area contributed by atoms with Crippen LogP contribution in [0, 0.1) is 10.1 Å². The average molecular weight is 419 g/mol. The Morgan fingerprint density at radius 2 is 1.81 bits per heavy atom. The molecule has 1 amide bonds. The smallest absolute Gasteiger partial charge is 0.269 e. The minimum absolute atomic E-state index is 0.0325. The number of non-ortho nitro benzene ring substituents is 1. The van der Waals surface area contributed by atoms with Crippen LogP contribution in [0.25, 0.3) is 10.8 Å². The normalized spacial score (nSPS) is 14.5. The molecule has 1 aliphatic rings. The Hall–Kier alpha value is -3.45. The predicted molar refractivity (Wildman–Crippen MR) is 119 cm³/mol. The van der Waals surface area contributed by atoms with E-state index in [1.54, 1.807) is 12.1 Å². The molecule has 3 aromatic rings. The minimum Gasteiger partial charge on any atom is -0.489 e. The fourth-order valence-corrected chi connectivity index (χ4v) is 3.87. The lowest BCUT2D eigenvalue weighted by Crippen LogP contribution is -2.47. The number of carbonyl (C=O) groups is 1. The standard InChI is InChI=1S/C24H25N3O4/c1-25-11-13-26(14-12-25)24(28)16-22-21-8-3-2-6-19(21)9-10-23(22)31-17-18-5-4-7-20(15-18)27(29)30/h2-10,15H,11-14,16-17H2,1H3. The molecule has 31 heavy (non-hydrogen) atoms. The lowest BCUT2D eigenvalue weighted by atomic mass is 10.00. The summed E-state index contributed by atoms with van der Waals surface area (Å²) in [4.78, 5) is 27.8. The Morgan fingerprint density at radius 3 is 2.58 bits per heavy atom. The van der Waals surface area contributed by atoms with E-state index in [-0.39, 0.29) is 24.6 Å². The van der Waals surface area contributed by atoms with Gasteiger partial charge in [0.05, 0.1) is 11.3 Å². The third-order valence-corrected chi connectivity index (χ3v) is 5.70. The van der Waals surface area contributed by atoms with E-state index >= 15 is 0 Å². The van der Waals surface area contributed by atoms with Gasteiger partial charge in [-0.1, -0.05) is 42.5 Å². The summed E-state index contributed by atoms with van der Waals surface area (Å²) in [5.74, 6) is 0.720. The fraction of sp³-hybridized carbons (Fsp3) is 0.292. The van der Waals surface area contributed by atoms with E-state index in [4.69, 9.17) is 4.74 Å². The summed E-state index contributed by atoms with van der Waals surface area (Å²) in [5.41, 5.74) is 1.59. The van der Waals surface area contributed by atoms with Crippen LogP contribution in [-0.2, 0) is 17.8 Å². The lowest BCUT2D eigenvalue weighted by Gasteiger charge is -2.32. The molecule has 7 heteroatoms. The first kappa shape index (κ1) is 20.8. The van der Waals surface area contributed by atoms with Crippen LogP contribution in [0.3, 0.4) is 0 Å². The van der Waals surface area contributed by atoms with Gasteiger partial charge in [-0.25, -0.2) is 0 Å². The van der Waals surface area contributed by atoms with Crippen molar-refractivity contribution in [3.05, 3.63) is 81.9 Å². The second kappa shape index (κ2) is 9.14. The molecular weight excluding hydrogens is 394 g/mol. The number of piperazine rings is 1. The molecule has 0 radical (unpaired) electrons. The molecule has 0 aromatic heterocycles. The molecule has 0 unspecified atom stereocenters. The molecule has 7 nitrogen and oxygen atoms in total. The Morgan fingerprint density at radius 1 is 1.03 bits per heavy atom. The van der Waals surface area contributed by atoms with Crippen molar-refractivity contribution in [2.24, 2.45) is 0 Å². The van der Waals surface area contributed by atoms with Gasteiger partial charge in [-0.2, -0.15) is 0 Å². The number of nitrogens with zero attached hydrogens (tertiary/aromatic N) is 3. The van der Waals surface area contributed by atoms with Gasteiger partial charge in [0, 0.05) is 43.9 Å². The molecule has 0 spiro atoms. The van der Waals surface area contributed by atoms with Gasteiger partial charge in [0.15, 0.2) is 0 Å². The number of rotatable bonds is 6. The Balaban J connectivity index is 1.59. The summed E-state index contributed by atoms with van der Waals surface area (Å²) >= 11 is 0. The molecule has 160 valence electrons. The number of likely N-dealkylation sites (N-methyl/N-ethyl adjacent to an activating group) is 1. The van der Waals surface area contributed by atoms with E-state index in [1.807, 2.05) is 41.3 Å². The van der Waals surface area contributed by atoms with E-state index in [1.165, 1.54) is 12.1 Å². The van der Waals surface area contributed by atoms with Gasteiger partial charge in [0.1, 0.15) is 12.4 Å². The SMILES string of the molecule is CN1CCN(C(=O)Cc2c(OCc3cccc([N+](=O)[O-])c3)ccc3ccccc23)CC1. The molecule has 0 saturated carbocycles. The van der Waals surface area contributed by atoms with Crippen LogP contribution in [0.4, 0.5) is 5.69 Å². The number of fused-ring (bicyclic) bond motifs is 1. The van der Waals surface area contributed by atoms with Crippen molar-refractivity contribution in [1.82, 2.24) is 9.80 Å². The second-order valence-electron chi connectivity index (χ2n) is 7.84. The van der Waals surface area contributed by atoms with Gasteiger partial charge >= 0.3 is 0 Å². The number of carbonyl (C=O) groups excluding carboxylic acids is 1. The molecule has 1 aliphatic heterocycles. The largest absolute Gasteiger partial charge is 0.489 e. The molecule has 0 aliphatic carbocycles. The highest BCUT2D eigenvalue weighted by molar-refractivity contribution is 5.92. The molecule has 1 fully saturated rings. The highest BCUT2D eigenvalue weighted by Crippen LogP contribution is 2.30. The second-order valence-corrected chi connectivity index (χ2v) is 7.84. The predicted octanol–water partition coefficient (Wildman–Crippen LogP) is 3.64. The number of hydrogen-bond donors (Lipinski definition) is 0. The van der Waals surface area contributed by atoms with Gasteiger partial charge < -0.3 is 14.5 Å². The summed E-state index contributed by atoms with van der Waals surface area (Å²) in [6.07, 6.45) is 0.259. The summed E-state index contributed by atoms with van der Waals surface area (Å²) in [6.45, 7) is 3.39. The van der Waals surface area contributed by atoms with Gasteiger partial charge in [-0.15, -0.1) is 0 Å². The number of benzene rings is 3. The Labute approximate surface area is 181 Å². The number of ether oxygens (including phenoxy) is 1. The highest BCUT2D eigenvalue weighted by atomic mass is 16.6. The van der Waals surface area contributed by atoms with E-state index in [9.17, 15) is 14.9 Å². The molecule has 3 aromatic carbocycles. The molecule has 0 bridgehead atoms. The highest BCUT2D eigenvalue weighted by Gasteiger charge is 2.21. The maximum absolute atomic E-state index is 13.0. The Kier molecular flexibility index (Phi) is 6.13. The van der Waals surface area contributed by atoms with Crippen LogP contribution in [0.2, 0.25) is 0 Å². The van der Waals surface area contributed by atoms with E-state index in [0.29, 0.717) is 11.3 Å². The molecule has 0 atom stereocenters. The first-order chi connectivity index (χ1) is 15.0. The molecular formula is C24H25N3O4. The molecule has 4 rings (SSSR count). The number of nitro groups is 1. The van der Waals surface area contributed by atoms with Gasteiger partial charge in [0.25, 0.3) is 5.69 Å². The van der Waals surface area contributed by atoms with Crippen LogP contribution in [0.5, 0.6) is 5.75 Å². The summed E-state index contributed by atoms with van der Waals surface area (Å²) in [7, 11) is 2.06. The molecule has 1 saturated heterocycles. The fourth-order valence-electron chi connectivity index (χ4n) is 3.87. The van der Waals surface area contributed by atoms with Crippen molar-refractivity contribution in [1.29, 1.82) is 0 Å². The first-order valence-electron chi connectivity index (χ1n) is 10.3. The zero-order valence-electron chi connectivity index (χ0n) is 17.5. The summed E-state index contributed by atoms with van der Waals surface area (Å²) in [6, 6.07) is 18.2. The third kappa shape index (κ3) is 4.83. The first-order valence-corrected chi connectivity index (χ1v) is 10.3. The van der Waals surface area contributed by atoms with E-state index in [0.717, 1.165) is 42.5 Å². The van der Waals surface area contributed by atoms with Crippen molar-refractivity contribution in [3.8, 4) is 5.75 Å². The maximum atomic E-state index is 13.0. The van der Waals surface area contributed by atoms with Crippen molar-refractivity contribution in [2.45, 2.75) is 13.0 Å². The Bertz CT molecular complexity index is 1110. The zero-order chi connectivity index (χ0) is 21.8. The summed E-state index contributed by atoms with van der Waals surface area (Å²) in [5, 5.41) is 13.1. The van der Waals surface area contributed by atoms with Crippen LogP contribution in [0.15, 0.2) is 60.7 Å². The van der Waals surface area contributed by atoms with E-state index in [2.05, 4.69) is 11.9 Å². The summed E-state index contributed by atoms with van der Waals surface area (Å²) < 4.78 is 6.07. The lowest BCUT2D eigenvalue weighted by molar-refractivity contribution is -0.384. The zero-order valence-corrected chi connectivity index (χ0v) is 17.5. The monoisotopic (exact) mass is 419 g/mol. The van der Waals surface area contributed by atoms with E-state index < -0.39 is 4.92 Å². The number of nitro benzene ring substituents is 1. The van der Waals surface area contributed by atoms with Gasteiger partial charge in [-0.3, -0.25) is 14.9 Å². The minimum atomic E-state index is -0.417. The van der Waals surface area contributed by atoms with Crippen molar-refractivity contribution in [3.63, 3.8) is 0 Å². The molecule has 1 heterocycles. The van der Waals surface area contributed by atoms with Crippen molar-refractivity contribution in [2.75, 3.05) is 33.2 Å². The van der Waals surface area contributed by atoms with Crippen LogP contribution >= 0.6 is 0 Å². The molecule has 0 N–H and O–H groups in total. The number of amides is 1.